The first kappa shape index (κ1) is 54.0. The average molecular weight is 1190 g/mol. The zero-order valence-corrected chi connectivity index (χ0v) is 50.3. The summed E-state index contributed by atoms with van der Waals surface area (Å²) in [6, 6.07) is 111. The minimum Gasteiger partial charge on any atom is -0.458 e. The van der Waals surface area contributed by atoms with Gasteiger partial charge in [0.05, 0.1) is 0 Å². The Morgan fingerprint density at radius 1 is 0.140 bits per heavy atom. The minimum atomic E-state index is 0.0668. The minimum absolute atomic E-state index is 0.0668. The van der Waals surface area contributed by atoms with E-state index in [4.69, 9.17) is 28.4 Å². The average Bonchev–Trinajstić information content (AvgIpc) is 0.746. The molecule has 0 radical (unpaired) electrons. The first-order chi connectivity index (χ1) is 46.1. The van der Waals surface area contributed by atoms with Crippen LogP contribution in [0.2, 0.25) is 0 Å². The van der Waals surface area contributed by atoms with Gasteiger partial charge in [-0.25, -0.2) is 0 Å². The second-order valence-electron chi connectivity index (χ2n) is 24.1. The smallest absolute Gasteiger partial charge is 0.260 e. The van der Waals surface area contributed by atoms with Gasteiger partial charge in [-0.1, -0.05) is 249 Å². The van der Waals surface area contributed by atoms with E-state index in [2.05, 4.69) is 249 Å². The molecule has 0 saturated heterocycles. The predicted molar refractivity (Wildman–Crippen MR) is 380 cm³/mol. The molecule has 0 aliphatic carbocycles. The standard InChI is InChI=1S/2C30H19BO2.C24H15BO2/c1-3-9-20(10-4-1)22-15-16-27-25(17-22)31-24-13-7-8-14-26(24)32-28-18-23(19-29(33-27)30(28)31)21-11-5-2-6-12-21;1-3-9-20(10-4-1)22-15-16-25-27(17-22)33-29-19-23(21-11-5-2-6-12-21)18-28-30(29)31(25)24-13-7-8-14-26(24)32-28;1-2-7-16(8-3-1)17-13-14-19-23(15-17)27-22-12-6-11-21-24(22)25(19)18-9-4-5-10-20(18)26-21/h2*1-19H;1-15H. The van der Waals surface area contributed by atoms with Crippen molar-refractivity contribution in [2.45, 2.75) is 0 Å². The highest BCUT2D eigenvalue weighted by Crippen LogP contribution is 2.42. The molecule has 0 saturated carbocycles. The first-order valence-corrected chi connectivity index (χ1v) is 31.6. The Hall–Kier alpha value is -11.9. The van der Waals surface area contributed by atoms with Crippen LogP contribution >= 0.6 is 0 Å². The molecule has 0 amide bonds. The van der Waals surface area contributed by atoms with Crippen molar-refractivity contribution in [2.75, 3.05) is 0 Å². The lowest BCUT2D eigenvalue weighted by atomic mass is 9.34. The second kappa shape index (κ2) is 22.5. The number of rotatable bonds is 5. The van der Waals surface area contributed by atoms with Gasteiger partial charge in [-0.15, -0.1) is 0 Å². The highest BCUT2D eigenvalue weighted by atomic mass is 16.5. The summed E-state index contributed by atoms with van der Waals surface area (Å²) in [6.45, 7) is 0.283. The summed E-state index contributed by atoms with van der Waals surface area (Å²) < 4.78 is 38.4. The van der Waals surface area contributed by atoms with Gasteiger partial charge in [0.25, 0.3) is 20.1 Å². The zero-order chi connectivity index (χ0) is 61.3. The molecule has 0 aromatic heterocycles. The lowest BCUT2D eigenvalue weighted by molar-refractivity contribution is 0.464. The zero-order valence-electron chi connectivity index (χ0n) is 50.3. The largest absolute Gasteiger partial charge is 0.458 e. The van der Waals surface area contributed by atoms with E-state index in [1.165, 1.54) is 55.0 Å². The normalized spacial score (nSPS) is 12.8. The molecule has 14 aromatic carbocycles. The molecule has 93 heavy (non-hydrogen) atoms. The van der Waals surface area contributed by atoms with Gasteiger partial charge in [-0.3, -0.25) is 0 Å². The summed E-state index contributed by atoms with van der Waals surface area (Å²) in [5, 5.41) is 0. The van der Waals surface area contributed by atoms with E-state index in [9.17, 15) is 0 Å². The van der Waals surface area contributed by atoms with Crippen molar-refractivity contribution in [3.05, 3.63) is 322 Å². The Morgan fingerprint density at radius 2 is 0.387 bits per heavy atom. The van der Waals surface area contributed by atoms with Crippen LogP contribution in [0.25, 0.3) is 55.6 Å². The molecular weight excluding hydrogens is 1140 g/mol. The lowest BCUT2D eigenvalue weighted by Gasteiger charge is -2.33. The van der Waals surface area contributed by atoms with Crippen molar-refractivity contribution in [1.29, 1.82) is 0 Å². The van der Waals surface area contributed by atoms with Crippen LogP contribution in [0, 0.1) is 0 Å². The summed E-state index contributed by atoms with van der Waals surface area (Å²) in [6.07, 6.45) is 0. The van der Waals surface area contributed by atoms with Crippen LogP contribution in [0.4, 0.5) is 0 Å². The van der Waals surface area contributed by atoms with E-state index in [1.807, 2.05) is 72.8 Å². The number of ether oxygens (including phenoxy) is 6. The van der Waals surface area contributed by atoms with E-state index < -0.39 is 0 Å². The molecule has 6 nitrogen and oxygen atoms in total. The molecule has 0 N–H and O–H groups in total. The summed E-state index contributed by atoms with van der Waals surface area (Å²) >= 11 is 0. The van der Waals surface area contributed by atoms with E-state index in [-0.39, 0.29) is 20.1 Å². The Labute approximate surface area is 540 Å². The van der Waals surface area contributed by atoms with Gasteiger partial charge in [0.15, 0.2) is 0 Å². The van der Waals surface area contributed by atoms with E-state index >= 15 is 0 Å². The topological polar surface area (TPSA) is 55.4 Å². The fraction of sp³-hybridized carbons (Fsp3) is 0. The third kappa shape index (κ3) is 9.55. The van der Waals surface area contributed by atoms with E-state index in [0.717, 1.165) is 119 Å². The number of fused-ring (bicyclic) bond motifs is 12. The maximum atomic E-state index is 6.58. The maximum absolute atomic E-state index is 6.58. The molecule has 20 rings (SSSR count). The summed E-state index contributed by atoms with van der Waals surface area (Å²) in [4.78, 5) is 0. The molecule has 9 heteroatoms. The van der Waals surface area contributed by atoms with Crippen molar-refractivity contribution in [3.63, 3.8) is 0 Å². The molecule has 434 valence electrons. The van der Waals surface area contributed by atoms with Crippen LogP contribution in [-0.2, 0) is 0 Å². The highest BCUT2D eigenvalue weighted by molar-refractivity contribution is 6.99. The van der Waals surface area contributed by atoms with Gasteiger partial charge in [-0.2, -0.15) is 0 Å². The van der Waals surface area contributed by atoms with Crippen molar-refractivity contribution in [3.8, 4) is 125 Å². The first-order valence-electron chi connectivity index (χ1n) is 31.6. The quantitative estimate of drug-likeness (QED) is 0.160. The summed E-state index contributed by atoms with van der Waals surface area (Å²) in [5.41, 5.74) is 21.9. The molecule has 0 fully saturated rings. The van der Waals surface area contributed by atoms with Gasteiger partial charge < -0.3 is 28.4 Å². The number of benzene rings is 14. The molecular formula is C84H53B3O6. The Kier molecular flexibility index (Phi) is 13.1. The van der Waals surface area contributed by atoms with Crippen LogP contribution in [-0.4, -0.2) is 20.1 Å². The van der Waals surface area contributed by atoms with Gasteiger partial charge >= 0.3 is 0 Å². The summed E-state index contributed by atoms with van der Waals surface area (Å²) in [5.74, 6) is 10.7. The molecule has 0 atom stereocenters. The Morgan fingerprint density at radius 3 is 0.785 bits per heavy atom. The summed E-state index contributed by atoms with van der Waals surface area (Å²) in [7, 11) is 0. The molecule has 0 spiro atoms. The molecule has 0 unspecified atom stereocenters. The Bertz CT molecular complexity index is 5220. The molecule has 0 bridgehead atoms. The van der Waals surface area contributed by atoms with Crippen LogP contribution in [0.1, 0.15) is 0 Å². The highest BCUT2D eigenvalue weighted by Gasteiger charge is 2.43. The predicted octanol–water partition coefficient (Wildman–Crippen LogP) is 15.6. The van der Waals surface area contributed by atoms with Gasteiger partial charge in [-0.05, 0) is 161 Å². The fourth-order valence-electron chi connectivity index (χ4n) is 14.3. The third-order valence-electron chi connectivity index (χ3n) is 18.6. The van der Waals surface area contributed by atoms with Crippen molar-refractivity contribution in [2.24, 2.45) is 0 Å². The van der Waals surface area contributed by atoms with E-state index in [1.54, 1.807) is 0 Å². The van der Waals surface area contributed by atoms with Crippen molar-refractivity contribution in [1.82, 2.24) is 0 Å². The number of para-hydroxylation sites is 3. The number of hydrogen-bond acceptors (Lipinski definition) is 6. The van der Waals surface area contributed by atoms with Crippen molar-refractivity contribution >= 4 is 69.3 Å². The van der Waals surface area contributed by atoms with Gasteiger partial charge in [0.2, 0.25) is 0 Å². The monoisotopic (exact) mass is 1190 g/mol. The van der Waals surface area contributed by atoms with Gasteiger partial charge in [0.1, 0.15) is 69.0 Å². The van der Waals surface area contributed by atoms with Crippen molar-refractivity contribution < 1.29 is 28.4 Å². The molecule has 14 aromatic rings. The molecule has 6 heterocycles. The molecule has 6 aliphatic rings. The van der Waals surface area contributed by atoms with Crippen LogP contribution in [0.3, 0.4) is 0 Å². The molecule has 6 aliphatic heterocycles. The second-order valence-corrected chi connectivity index (χ2v) is 24.1. The SMILES string of the molecule is c1ccc(-c2cc3c4c(c2)Oc2ccc(-c5ccccc5)cc2B4c2ccccc2O3)cc1.c1ccc(-c2ccc3c(c2)Oc2cc(-c4ccccc4)cc4c2B3c2ccccc2O4)cc1.c1ccc(-c2ccc3c(c2)Oc2cccc4c2B3c2ccccc2O4)cc1. The lowest BCUT2D eigenvalue weighted by Crippen LogP contribution is -2.57. The fourth-order valence-corrected chi connectivity index (χ4v) is 14.3. The van der Waals surface area contributed by atoms with E-state index in [0.29, 0.717) is 0 Å². The third-order valence-corrected chi connectivity index (χ3v) is 18.6. The Balaban J connectivity index is 0.000000103. The van der Waals surface area contributed by atoms with Crippen LogP contribution in [0.15, 0.2) is 322 Å². The van der Waals surface area contributed by atoms with Gasteiger partial charge in [0, 0.05) is 16.4 Å². The maximum Gasteiger partial charge on any atom is 0.260 e. The number of hydrogen-bond donors (Lipinski definition) is 0. The van der Waals surface area contributed by atoms with Crippen LogP contribution < -0.4 is 77.6 Å². The van der Waals surface area contributed by atoms with Crippen LogP contribution in [0.5, 0.6) is 69.0 Å².